The van der Waals surface area contributed by atoms with Gasteiger partial charge >= 0.3 is 0 Å². The third-order valence-corrected chi connectivity index (χ3v) is 13.7. The van der Waals surface area contributed by atoms with E-state index in [1.807, 2.05) is 22.7 Å². The highest BCUT2D eigenvalue weighted by atomic mass is 32.1. The van der Waals surface area contributed by atoms with E-state index in [1.54, 1.807) is 0 Å². The molecule has 0 amide bonds. The number of fused-ring (bicyclic) bond motifs is 10. The molecule has 0 bridgehead atoms. The second kappa shape index (κ2) is 12.9. The number of aromatic nitrogens is 2. The number of thiophene rings is 2. The average molecular weight is 761 g/mol. The summed E-state index contributed by atoms with van der Waals surface area (Å²) in [6.07, 6.45) is 0. The fourth-order valence-corrected chi connectivity index (χ4v) is 11.1. The van der Waals surface area contributed by atoms with Gasteiger partial charge in [-0.25, -0.2) is 4.98 Å². The van der Waals surface area contributed by atoms with Crippen molar-refractivity contribution in [2.24, 2.45) is 0 Å². The molecule has 0 radical (unpaired) electrons. The maximum absolute atomic E-state index is 5.50. The highest BCUT2D eigenvalue weighted by molar-refractivity contribution is 7.26. The van der Waals surface area contributed by atoms with Crippen LogP contribution < -0.4 is 0 Å². The van der Waals surface area contributed by atoms with Crippen LogP contribution in [0.4, 0.5) is 0 Å². The normalized spacial score (nSPS) is 11.9. The van der Waals surface area contributed by atoms with Crippen LogP contribution in [-0.2, 0) is 0 Å². The highest BCUT2D eigenvalue weighted by Gasteiger charge is 2.19. The van der Waals surface area contributed by atoms with Gasteiger partial charge in [0.25, 0.3) is 0 Å². The van der Waals surface area contributed by atoms with Gasteiger partial charge in [0, 0.05) is 67.9 Å². The summed E-state index contributed by atoms with van der Waals surface area (Å²) in [4.78, 5) is 5.50. The van der Waals surface area contributed by atoms with Crippen molar-refractivity contribution in [3.8, 4) is 50.5 Å². The van der Waals surface area contributed by atoms with Crippen molar-refractivity contribution < 1.29 is 0 Å². The summed E-state index contributed by atoms with van der Waals surface area (Å²) >= 11 is 3.73. The maximum Gasteiger partial charge on any atom is 0.0730 e. The smallest absolute Gasteiger partial charge is 0.0730 e. The number of pyridine rings is 1. The molecule has 0 unspecified atom stereocenters. The molecule has 266 valence electrons. The molecular formula is C53H32N2S2. The first-order valence-electron chi connectivity index (χ1n) is 19.3. The van der Waals surface area contributed by atoms with Crippen LogP contribution in [0.1, 0.15) is 0 Å². The number of nitrogens with zero attached hydrogens (tertiary/aromatic N) is 2. The minimum absolute atomic E-state index is 0.950. The molecular weight excluding hydrogens is 729 g/mol. The zero-order valence-electron chi connectivity index (χ0n) is 30.7. The van der Waals surface area contributed by atoms with Crippen LogP contribution in [0.15, 0.2) is 194 Å². The zero-order valence-corrected chi connectivity index (χ0v) is 32.3. The van der Waals surface area contributed by atoms with Crippen LogP contribution in [0.25, 0.3) is 113 Å². The molecule has 0 aliphatic heterocycles. The third kappa shape index (κ3) is 5.19. The van der Waals surface area contributed by atoms with E-state index in [0.717, 1.165) is 33.8 Å². The van der Waals surface area contributed by atoms with E-state index in [2.05, 4.69) is 199 Å². The van der Waals surface area contributed by atoms with Crippen LogP contribution in [-0.4, -0.2) is 9.55 Å². The molecule has 0 fully saturated rings. The molecule has 57 heavy (non-hydrogen) atoms. The topological polar surface area (TPSA) is 17.8 Å². The lowest BCUT2D eigenvalue weighted by Gasteiger charge is -2.13. The number of benzene rings is 8. The van der Waals surface area contributed by atoms with Gasteiger partial charge in [-0.15, -0.1) is 22.7 Å². The standard InChI is InChI=1S/C53H32N2S2/c1-3-13-33(14-4-1)36-29-42-39-17-8-11-21-48(39)57-53(42)43(30-36)45-32-37(34-15-5-2-6-16-34)31-44(54-45)35-23-25-38(26-24-35)55-46-20-10-7-18-40(46)51-47(55)27-28-50-52(51)41-19-9-12-22-49(41)56-50/h1-32H. The predicted octanol–water partition coefficient (Wildman–Crippen LogP) is 15.6. The molecule has 12 aromatic rings. The first-order chi connectivity index (χ1) is 28.2. The van der Waals surface area contributed by atoms with Gasteiger partial charge in [0.15, 0.2) is 0 Å². The molecule has 0 atom stereocenters. The molecule has 0 saturated heterocycles. The van der Waals surface area contributed by atoms with Crippen LogP contribution in [0, 0.1) is 0 Å². The molecule has 2 nitrogen and oxygen atoms in total. The van der Waals surface area contributed by atoms with E-state index >= 15 is 0 Å². The Labute approximate surface area is 337 Å². The minimum Gasteiger partial charge on any atom is -0.309 e. The van der Waals surface area contributed by atoms with Gasteiger partial charge < -0.3 is 4.57 Å². The van der Waals surface area contributed by atoms with Gasteiger partial charge in [0.1, 0.15) is 0 Å². The van der Waals surface area contributed by atoms with Crippen molar-refractivity contribution in [3.05, 3.63) is 194 Å². The Morgan fingerprint density at radius 3 is 1.72 bits per heavy atom. The molecule has 12 rings (SSSR count). The summed E-state index contributed by atoms with van der Waals surface area (Å²) in [7, 11) is 0. The van der Waals surface area contributed by atoms with E-state index in [4.69, 9.17) is 4.98 Å². The minimum atomic E-state index is 0.950. The van der Waals surface area contributed by atoms with Crippen molar-refractivity contribution >= 4 is 84.8 Å². The van der Waals surface area contributed by atoms with Gasteiger partial charge in [0.05, 0.1) is 22.4 Å². The zero-order chi connectivity index (χ0) is 37.5. The molecule has 0 aliphatic carbocycles. The monoisotopic (exact) mass is 760 g/mol. The highest BCUT2D eigenvalue weighted by Crippen LogP contribution is 2.45. The summed E-state index contributed by atoms with van der Waals surface area (Å²) in [5, 5.41) is 7.81. The number of rotatable bonds is 5. The van der Waals surface area contributed by atoms with Gasteiger partial charge in [-0.3, -0.25) is 0 Å². The quantitative estimate of drug-likeness (QED) is 0.171. The lowest BCUT2D eigenvalue weighted by atomic mass is 9.96. The van der Waals surface area contributed by atoms with E-state index in [-0.39, 0.29) is 0 Å². The largest absolute Gasteiger partial charge is 0.309 e. The lowest BCUT2D eigenvalue weighted by Crippen LogP contribution is -1.95. The van der Waals surface area contributed by atoms with Crippen LogP contribution >= 0.6 is 22.7 Å². The number of hydrogen-bond donors (Lipinski definition) is 0. The van der Waals surface area contributed by atoms with E-state index in [1.165, 1.54) is 78.8 Å². The molecule has 0 N–H and O–H groups in total. The number of hydrogen-bond acceptors (Lipinski definition) is 3. The summed E-state index contributed by atoms with van der Waals surface area (Å²) in [6, 6.07) is 70.6. The van der Waals surface area contributed by atoms with Crippen LogP contribution in [0.2, 0.25) is 0 Å². The van der Waals surface area contributed by atoms with Crippen molar-refractivity contribution in [3.63, 3.8) is 0 Å². The third-order valence-electron chi connectivity index (χ3n) is 11.4. The molecule has 0 saturated carbocycles. The Bertz CT molecular complexity index is 3500. The maximum atomic E-state index is 5.50. The van der Waals surface area contributed by atoms with Crippen molar-refractivity contribution in [2.75, 3.05) is 0 Å². The number of para-hydroxylation sites is 1. The summed E-state index contributed by atoms with van der Waals surface area (Å²) in [5.74, 6) is 0. The van der Waals surface area contributed by atoms with Crippen molar-refractivity contribution in [1.29, 1.82) is 0 Å². The van der Waals surface area contributed by atoms with E-state index in [0.29, 0.717) is 0 Å². The summed E-state index contributed by atoms with van der Waals surface area (Å²) in [6.45, 7) is 0. The molecule has 0 spiro atoms. The molecule has 4 heterocycles. The van der Waals surface area contributed by atoms with Crippen LogP contribution in [0.3, 0.4) is 0 Å². The Hall–Kier alpha value is -6.85. The molecule has 4 aromatic heterocycles. The molecule has 8 aromatic carbocycles. The van der Waals surface area contributed by atoms with E-state index < -0.39 is 0 Å². The fourth-order valence-electron chi connectivity index (χ4n) is 8.76. The first kappa shape index (κ1) is 32.4. The Morgan fingerprint density at radius 1 is 0.351 bits per heavy atom. The fraction of sp³-hybridized carbons (Fsp3) is 0. The predicted molar refractivity (Wildman–Crippen MR) is 246 cm³/mol. The lowest BCUT2D eigenvalue weighted by molar-refractivity contribution is 1.18. The van der Waals surface area contributed by atoms with E-state index in [9.17, 15) is 0 Å². The van der Waals surface area contributed by atoms with Crippen LogP contribution in [0.5, 0.6) is 0 Å². The van der Waals surface area contributed by atoms with Crippen molar-refractivity contribution in [1.82, 2.24) is 9.55 Å². The van der Waals surface area contributed by atoms with Gasteiger partial charge in [-0.2, -0.15) is 0 Å². The second-order valence-corrected chi connectivity index (χ2v) is 16.8. The molecule has 4 heteroatoms. The second-order valence-electron chi connectivity index (χ2n) is 14.7. The SMILES string of the molecule is c1ccc(-c2cc(-c3ccc(-n4c5ccccc5c5c6c(ccc54)sc4ccccc46)cc3)nc(-c3cc(-c4ccccc4)cc4c3sc3ccccc34)c2)cc1. The average Bonchev–Trinajstić information content (AvgIpc) is 3.96. The van der Waals surface area contributed by atoms with Gasteiger partial charge in [-0.1, -0.05) is 127 Å². The van der Waals surface area contributed by atoms with Gasteiger partial charge in [0.2, 0.25) is 0 Å². The Balaban J connectivity index is 1.05. The summed E-state index contributed by atoms with van der Waals surface area (Å²) in [5.41, 5.74) is 12.4. The molecule has 0 aliphatic rings. The van der Waals surface area contributed by atoms with Crippen molar-refractivity contribution in [2.45, 2.75) is 0 Å². The Morgan fingerprint density at radius 2 is 0.965 bits per heavy atom. The van der Waals surface area contributed by atoms with Gasteiger partial charge in [-0.05, 0) is 89.0 Å². The Kier molecular flexibility index (Phi) is 7.31. The first-order valence-corrected chi connectivity index (χ1v) is 20.9. The summed E-state index contributed by atoms with van der Waals surface area (Å²) < 4.78 is 7.61.